The highest BCUT2D eigenvalue weighted by molar-refractivity contribution is 5.91. The Labute approximate surface area is 172 Å². The molecule has 2 aromatic rings. The number of carbonyl (C=O) groups excluding carboxylic acids is 3. The number of rotatable bonds is 8. The quantitative estimate of drug-likeness (QED) is 0.563. The van der Waals surface area contributed by atoms with E-state index < -0.39 is 41.5 Å². The number of phenolic OH excluding ortho intramolecular Hbond substituents is 1. The third-order valence-electron chi connectivity index (χ3n) is 4.24. The molecule has 0 aliphatic rings. The molecular formula is C21H22F2N2O5. The Bertz CT molecular complexity index is 898. The summed E-state index contributed by atoms with van der Waals surface area (Å²) < 4.78 is 31.2. The summed E-state index contributed by atoms with van der Waals surface area (Å²) in [5, 5.41) is 14.3. The molecule has 0 spiro atoms. The van der Waals surface area contributed by atoms with Crippen LogP contribution in [0.15, 0.2) is 42.5 Å². The number of halogens is 2. The summed E-state index contributed by atoms with van der Waals surface area (Å²) in [6, 6.07) is 6.82. The van der Waals surface area contributed by atoms with Gasteiger partial charge >= 0.3 is 5.97 Å². The smallest absolute Gasteiger partial charge is 0.328 e. The van der Waals surface area contributed by atoms with Crippen molar-refractivity contribution in [2.24, 2.45) is 0 Å². The van der Waals surface area contributed by atoms with Gasteiger partial charge < -0.3 is 20.5 Å². The van der Waals surface area contributed by atoms with Gasteiger partial charge in [-0.05, 0) is 42.3 Å². The number of phenols is 1. The number of hydrogen-bond acceptors (Lipinski definition) is 5. The van der Waals surface area contributed by atoms with Gasteiger partial charge in [0.15, 0.2) is 0 Å². The number of carbonyl (C=O) groups is 3. The van der Waals surface area contributed by atoms with Gasteiger partial charge in [0.25, 0.3) is 0 Å². The van der Waals surface area contributed by atoms with Gasteiger partial charge in [-0.2, -0.15) is 0 Å². The second-order valence-corrected chi connectivity index (χ2v) is 6.70. The Kier molecular flexibility index (Phi) is 7.85. The molecule has 0 bridgehead atoms. The number of amides is 2. The fourth-order valence-corrected chi connectivity index (χ4v) is 2.76. The number of ether oxygens (including phenoxy) is 1. The summed E-state index contributed by atoms with van der Waals surface area (Å²) in [4.78, 5) is 36.5. The van der Waals surface area contributed by atoms with Crippen molar-refractivity contribution in [1.82, 2.24) is 10.6 Å². The third-order valence-corrected chi connectivity index (χ3v) is 4.24. The summed E-state index contributed by atoms with van der Waals surface area (Å²) in [6.07, 6.45) is -0.206. The average molecular weight is 420 g/mol. The lowest BCUT2D eigenvalue weighted by Crippen LogP contribution is -2.51. The molecule has 9 heteroatoms. The van der Waals surface area contributed by atoms with Crippen LogP contribution < -0.4 is 10.6 Å². The lowest BCUT2D eigenvalue weighted by molar-refractivity contribution is -0.145. The molecule has 0 saturated carbocycles. The van der Waals surface area contributed by atoms with Crippen molar-refractivity contribution < 1.29 is 33.0 Å². The summed E-state index contributed by atoms with van der Waals surface area (Å²) >= 11 is 0. The van der Waals surface area contributed by atoms with E-state index in [9.17, 15) is 28.3 Å². The molecule has 2 atom stereocenters. The zero-order valence-electron chi connectivity index (χ0n) is 16.4. The number of methoxy groups -OCH3 is 1. The number of benzene rings is 2. The minimum Gasteiger partial charge on any atom is -0.508 e. The van der Waals surface area contributed by atoms with Crippen molar-refractivity contribution in [3.05, 3.63) is 65.2 Å². The Morgan fingerprint density at radius 2 is 1.60 bits per heavy atom. The minimum atomic E-state index is -1.01. The molecule has 0 aliphatic heterocycles. The highest BCUT2D eigenvalue weighted by Gasteiger charge is 2.25. The number of esters is 1. The van der Waals surface area contributed by atoms with Crippen LogP contribution in [0, 0.1) is 11.6 Å². The van der Waals surface area contributed by atoms with Crippen LogP contribution >= 0.6 is 0 Å². The van der Waals surface area contributed by atoms with E-state index in [1.165, 1.54) is 26.2 Å². The summed E-state index contributed by atoms with van der Waals surface area (Å²) in [7, 11) is 1.18. The van der Waals surface area contributed by atoms with Crippen LogP contribution in [-0.4, -0.2) is 42.1 Å². The Morgan fingerprint density at radius 3 is 2.17 bits per heavy atom. The highest BCUT2D eigenvalue weighted by Crippen LogP contribution is 2.12. The first kappa shape index (κ1) is 22.8. The number of nitrogens with one attached hydrogen (secondary N) is 2. The van der Waals surface area contributed by atoms with E-state index in [2.05, 4.69) is 10.6 Å². The monoisotopic (exact) mass is 420 g/mol. The Hall–Kier alpha value is -3.49. The molecule has 7 nitrogen and oxygen atoms in total. The van der Waals surface area contributed by atoms with Crippen LogP contribution in [0.1, 0.15) is 18.1 Å². The number of hydrogen-bond donors (Lipinski definition) is 3. The fraction of sp³-hybridized carbons (Fsp3) is 0.286. The predicted molar refractivity (Wildman–Crippen MR) is 103 cm³/mol. The van der Waals surface area contributed by atoms with E-state index in [0.717, 1.165) is 12.1 Å². The molecule has 2 aromatic carbocycles. The van der Waals surface area contributed by atoms with Crippen LogP contribution in [-0.2, 0) is 32.0 Å². The van der Waals surface area contributed by atoms with Crippen LogP contribution in [0.25, 0.3) is 0 Å². The van der Waals surface area contributed by atoms with Crippen molar-refractivity contribution in [2.75, 3.05) is 7.11 Å². The van der Waals surface area contributed by atoms with Crippen LogP contribution in [0.5, 0.6) is 5.75 Å². The molecule has 0 aliphatic carbocycles. The molecule has 30 heavy (non-hydrogen) atoms. The summed E-state index contributed by atoms with van der Waals surface area (Å²) in [5.41, 5.74) is 0.797. The lowest BCUT2D eigenvalue weighted by atomic mass is 10.1. The van der Waals surface area contributed by atoms with Gasteiger partial charge in [-0.3, -0.25) is 9.59 Å². The maximum atomic E-state index is 13.2. The third kappa shape index (κ3) is 6.84. The predicted octanol–water partition coefficient (Wildman–Crippen LogP) is 1.62. The molecule has 2 rings (SSSR count). The van der Waals surface area contributed by atoms with Crippen molar-refractivity contribution in [1.29, 1.82) is 0 Å². The Balaban J connectivity index is 1.97. The van der Waals surface area contributed by atoms with Gasteiger partial charge in [-0.15, -0.1) is 0 Å². The molecule has 160 valence electrons. The topological polar surface area (TPSA) is 105 Å². The molecular weight excluding hydrogens is 398 g/mol. The van der Waals surface area contributed by atoms with E-state index in [4.69, 9.17) is 4.74 Å². The molecule has 2 amide bonds. The van der Waals surface area contributed by atoms with Crippen molar-refractivity contribution >= 4 is 17.8 Å². The van der Waals surface area contributed by atoms with Crippen molar-refractivity contribution in [3.63, 3.8) is 0 Å². The standard InChI is InChI=1S/C21H22F2N2O5/c1-12(24-19(27)10-14-7-15(22)11-16(23)8-14)20(28)25-18(21(29)30-2)9-13-3-5-17(26)6-4-13/h3-8,11-12,18,26H,9-10H2,1-2H3,(H,24,27)(H,25,28)/t12-,18-/m0/s1. The fourth-order valence-electron chi connectivity index (χ4n) is 2.76. The molecule has 0 fully saturated rings. The van der Waals surface area contributed by atoms with Crippen LogP contribution in [0.3, 0.4) is 0 Å². The average Bonchev–Trinajstić information content (AvgIpc) is 2.67. The van der Waals surface area contributed by atoms with E-state index in [1.807, 2.05) is 0 Å². The molecule has 0 heterocycles. The first-order chi connectivity index (χ1) is 14.2. The van der Waals surface area contributed by atoms with Gasteiger partial charge in [0.1, 0.15) is 29.5 Å². The van der Waals surface area contributed by atoms with E-state index in [-0.39, 0.29) is 24.2 Å². The van der Waals surface area contributed by atoms with Gasteiger partial charge in [0.05, 0.1) is 13.5 Å². The van der Waals surface area contributed by atoms with E-state index in [0.29, 0.717) is 11.6 Å². The van der Waals surface area contributed by atoms with Crippen molar-refractivity contribution in [3.8, 4) is 5.75 Å². The first-order valence-corrected chi connectivity index (χ1v) is 9.08. The first-order valence-electron chi connectivity index (χ1n) is 9.08. The maximum Gasteiger partial charge on any atom is 0.328 e. The lowest BCUT2D eigenvalue weighted by Gasteiger charge is -2.20. The zero-order valence-corrected chi connectivity index (χ0v) is 16.4. The second-order valence-electron chi connectivity index (χ2n) is 6.70. The Morgan fingerprint density at radius 1 is 1.00 bits per heavy atom. The van der Waals surface area contributed by atoms with E-state index >= 15 is 0 Å². The maximum absolute atomic E-state index is 13.2. The van der Waals surface area contributed by atoms with Gasteiger partial charge in [0.2, 0.25) is 11.8 Å². The molecule has 0 radical (unpaired) electrons. The molecule has 3 N–H and O–H groups in total. The normalized spacial score (nSPS) is 12.5. The minimum absolute atomic E-state index is 0.0620. The van der Waals surface area contributed by atoms with Gasteiger partial charge in [-0.25, -0.2) is 13.6 Å². The van der Waals surface area contributed by atoms with E-state index in [1.54, 1.807) is 12.1 Å². The highest BCUT2D eigenvalue weighted by atomic mass is 19.1. The van der Waals surface area contributed by atoms with Crippen LogP contribution in [0.4, 0.5) is 8.78 Å². The summed E-state index contributed by atoms with van der Waals surface area (Å²) in [5.74, 6) is -3.48. The largest absolute Gasteiger partial charge is 0.508 e. The van der Waals surface area contributed by atoms with Gasteiger partial charge in [0, 0.05) is 12.5 Å². The molecule has 0 unspecified atom stereocenters. The number of aromatic hydroxyl groups is 1. The van der Waals surface area contributed by atoms with Gasteiger partial charge in [-0.1, -0.05) is 12.1 Å². The molecule has 0 aromatic heterocycles. The van der Waals surface area contributed by atoms with Crippen molar-refractivity contribution in [2.45, 2.75) is 31.8 Å². The molecule has 0 saturated heterocycles. The SMILES string of the molecule is COC(=O)[C@H](Cc1ccc(O)cc1)NC(=O)[C@H](C)NC(=O)Cc1cc(F)cc(F)c1. The zero-order chi connectivity index (χ0) is 22.3. The van der Waals surface area contributed by atoms with Crippen LogP contribution in [0.2, 0.25) is 0 Å². The summed E-state index contributed by atoms with van der Waals surface area (Å²) in [6.45, 7) is 1.41. The second kappa shape index (κ2) is 10.3.